The summed E-state index contributed by atoms with van der Waals surface area (Å²) in [6.07, 6.45) is 1.56. The van der Waals surface area contributed by atoms with E-state index in [9.17, 15) is 0 Å². The number of nitrogen functional groups attached to an aromatic ring is 1. The molecule has 0 saturated heterocycles. The molecule has 1 rings (SSSR count). The quantitative estimate of drug-likeness (QED) is 0.294. The Bertz CT molecular complexity index is 116. The second kappa shape index (κ2) is 3.08. The molecule has 0 bridgehead atoms. The van der Waals surface area contributed by atoms with Gasteiger partial charge in [0, 0.05) is 5.13 Å². The first-order valence-electron chi connectivity index (χ1n) is 1.47. The summed E-state index contributed by atoms with van der Waals surface area (Å²) in [7, 11) is 0. The van der Waals surface area contributed by atoms with Gasteiger partial charge in [0.15, 0.2) is 0 Å². The van der Waals surface area contributed by atoms with Crippen LogP contribution in [-0.2, 0) is 0 Å². The average Bonchev–Trinajstić information content (AvgIpc) is 1.86. The first kappa shape index (κ1) is 7.03. The summed E-state index contributed by atoms with van der Waals surface area (Å²) < 4.78 is 0. The van der Waals surface area contributed by atoms with Crippen molar-refractivity contribution in [3.05, 3.63) is 11.6 Å². The molecule has 0 aliphatic rings. The summed E-state index contributed by atoms with van der Waals surface area (Å²) in [5.41, 5.74) is 5.15. The molecule has 0 unspecified atom stereocenters. The number of hydrogen-bond acceptors (Lipinski definition) is 3. The zero-order valence-corrected chi connectivity index (χ0v) is 4.83. The van der Waals surface area contributed by atoms with Crippen molar-refractivity contribution in [2.45, 2.75) is 0 Å². The van der Waals surface area contributed by atoms with E-state index < -0.39 is 0 Å². The van der Waals surface area contributed by atoms with E-state index in [-0.39, 0.29) is 18.9 Å². The van der Waals surface area contributed by atoms with E-state index in [1.54, 1.807) is 6.20 Å². The van der Waals surface area contributed by atoms with Gasteiger partial charge in [-0.3, -0.25) is 0 Å². The maximum absolute atomic E-state index is 5.15. The Kier molecular flexibility index (Phi) is 3.10. The summed E-state index contributed by atoms with van der Waals surface area (Å²) >= 11 is 1.32. The standard InChI is InChI=1S/C3H3N2S.Li/c4-3-5-1-2-6-3;/h1H,(H2,4,5);/q-1;+1. The van der Waals surface area contributed by atoms with E-state index in [1.807, 2.05) is 0 Å². The number of hydrogen-bond donors (Lipinski definition) is 1. The maximum Gasteiger partial charge on any atom is 1.00 e. The van der Waals surface area contributed by atoms with Gasteiger partial charge in [-0.05, 0) is 0 Å². The van der Waals surface area contributed by atoms with Crippen LogP contribution >= 0.6 is 11.3 Å². The van der Waals surface area contributed by atoms with Crippen molar-refractivity contribution in [1.29, 1.82) is 0 Å². The molecule has 0 spiro atoms. The van der Waals surface area contributed by atoms with Gasteiger partial charge in [-0.15, -0.1) is 0 Å². The Morgan fingerprint density at radius 3 is 2.71 bits per heavy atom. The average molecular weight is 106 g/mol. The fourth-order valence-corrected chi connectivity index (χ4v) is 0.535. The van der Waals surface area contributed by atoms with Crippen LogP contribution in [0.1, 0.15) is 0 Å². The van der Waals surface area contributed by atoms with Gasteiger partial charge in [-0.1, -0.05) is 6.20 Å². The molecule has 0 atom stereocenters. The Labute approximate surface area is 57.9 Å². The topological polar surface area (TPSA) is 38.9 Å². The number of thiazole rings is 1. The molecule has 1 aromatic heterocycles. The van der Waals surface area contributed by atoms with Crippen LogP contribution in [0.3, 0.4) is 0 Å². The van der Waals surface area contributed by atoms with Crippen LogP contribution in [0.2, 0.25) is 0 Å². The smallest absolute Gasteiger partial charge is 0.452 e. The van der Waals surface area contributed by atoms with Gasteiger partial charge in [0.05, 0.1) is 0 Å². The van der Waals surface area contributed by atoms with Crippen LogP contribution in [0.4, 0.5) is 5.13 Å². The summed E-state index contributed by atoms with van der Waals surface area (Å²) in [6, 6.07) is 0. The molecule has 7 heavy (non-hydrogen) atoms. The third-order valence-corrected chi connectivity index (χ3v) is 0.946. The van der Waals surface area contributed by atoms with Crippen molar-refractivity contribution in [1.82, 2.24) is 4.98 Å². The zero-order valence-electron chi connectivity index (χ0n) is 4.01. The zero-order chi connectivity index (χ0) is 4.41. The van der Waals surface area contributed by atoms with Crippen LogP contribution in [0.15, 0.2) is 6.20 Å². The fraction of sp³-hybridized carbons (Fsp3) is 0. The largest absolute Gasteiger partial charge is 1.00 e. The Balaban J connectivity index is 0.000000360. The van der Waals surface area contributed by atoms with Gasteiger partial charge in [-0.25, -0.2) is 0 Å². The molecule has 0 aromatic carbocycles. The number of aromatic nitrogens is 1. The first-order valence-corrected chi connectivity index (χ1v) is 2.28. The molecule has 2 N–H and O–H groups in total. The van der Waals surface area contributed by atoms with E-state index >= 15 is 0 Å². The van der Waals surface area contributed by atoms with Crippen molar-refractivity contribution >= 4 is 16.5 Å². The van der Waals surface area contributed by atoms with E-state index in [4.69, 9.17) is 5.73 Å². The molecule has 1 heterocycles. The molecule has 0 aliphatic heterocycles. The van der Waals surface area contributed by atoms with Gasteiger partial charge in [0.2, 0.25) is 0 Å². The minimum absolute atomic E-state index is 0. The van der Waals surface area contributed by atoms with E-state index in [1.165, 1.54) is 11.3 Å². The molecule has 32 valence electrons. The van der Waals surface area contributed by atoms with Crippen molar-refractivity contribution in [3.63, 3.8) is 0 Å². The number of nitrogens with two attached hydrogens (primary N) is 1. The Morgan fingerprint density at radius 2 is 2.57 bits per heavy atom. The molecule has 0 radical (unpaired) electrons. The van der Waals surface area contributed by atoms with E-state index in [0.29, 0.717) is 5.13 Å². The fourth-order valence-electron chi connectivity index (χ4n) is 0.203. The number of rotatable bonds is 0. The molecule has 0 amide bonds. The summed E-state index contributed by atoms with van der Waals surface area (Å²) in [5, 5.41) is 3.31. The summed E-state index contributed by atoms with van der Waals surface area (Å²) in [4.78, 5) is 3.66. The Morgan fingerprint density at radius 1 is 1.86 bits per heavy atom. The first-order chi connectivity index (χ1) is 2.89. The van der Waals surface area contributed by atoms with Crippen molar-refractivity contribution in [2.24, 2.45) is 0 Å². The van der Waals surface area contributed by atoms with Crippen LogP contribution in [0.5, 0.6) is 0 Å². The minimum Gasteiger partial charge on any atom is -0.452 e. The third-order valence-electron chi connectivity index (χ3n) is 0.408. The van der Waals surface area contributed by atoms with Crippen LogP contribution < -0.4 is 24.6 Å². The SMILES string of the molecule is Nc1nc[c-]s1.[Li+]. The van der Waals surface area contributed by atoms with E-state index in [2.05, 4.69) is 10.4 Å². The predicted octanol–water partition coefficient (Wildman–Crippen LogP) is -2.47. The predicted molar refractivity (Wildman–Crippen MR) is 25.4 cm³/mol. The van der Waals surface area contributed by atoms with Crippen molar-refractivity contribution in [2.75, 3.05) is 5.73 Å². The van der Waals surface area contributed by atoms with Crippen molar-refractivity contribution < 1.29 is 18.9 Å². The second-order valence-electron chi connectivity index (χ2n) is 0.816. The van der Waals surface area contributed by atoms with Gasteiger partial charge in [-0.2, -0.15) is 5.38 Å². The molecular weight excluding hydrogens is 103 g/mol. The molecule has 0 fully saturated rings. The molecule has 1 aromatic rings. The normalized spacial score (nSPS) is 7.43. The van der Waals surface area contributed by atoms with Gasteiger partial charge >= 0.3 is 18.9 Å². The molecular formula is C3H3LiN2S. The van der Waals surface area contributed by atoms with Gasteiger partial charge in [0.25, 0.3) is 0 Å². The minimum atomic E-state index is 0. The monoisotopic (exact) mass is 106 g/mol. The number of anilines is 1. The van der Waals surface area contributed by atoms with Crippen LogP contribution in [0, 0.1) is 5.38 Å². The molecule has 2 nitrogen and oxygen atoms in total. The van der Waals surface area contributed by atoms with Gasteiger partial charge < -0.3 is 22.1 Å². The maximum atomic E-state index is 5.15. The van der Waals surface area contributed by atoms with Crippen LogP contribution in [0.25, 0.3) is 0 Å². The second-order valence-corrected chi connectivity index (χ2v) is 1.67. The molecule has 4 heteroatoms. The molecule has 0 aliphatic carbocycles. The summed E-state index contributed by atoms with van der Waals surface area (Å²) in [5.74, 6) is 0. The number of nitrogens with zero attached hydrogens (tertiary/aromatic N) is 1. The Hall–Kier alpha value is 0.0274. The van der Waals surface area contributed by atoms with Gasteiger partial charge in [0.1, 0.15) is 0 Å². The molecule has 0 saturated carbocycles. The third kappa shape index (κ3) is 1.98. The van der Waals surface area contributed by atoms with Crippen LogP contribution in [-0.4, -0.2) is 4.98 Å². The van der Waals surface area contributed by atoms with Crippen molar-refractivity contribution in [3.8, 4) is 0 Å². The van der Waals surface area contributed by atoms with E-state index in [0.717, 1.165) is 0 Å². The summed E-state index contributed by atoms with van der Waals surface area (Å²) in [6.45, 7) is 0.